The molecule has 3 rings (SSSR count). The molecule has 0 aliphatic rings. The normalized spacial score (nSPS) is 10.4. The molecule has 20 heavy (non-hydrogen) atoms. The Morgan fingerprint density at radius 3 is 2.65 bits per heavy atom. The van der Waals surface area contributed by atoms with Crippen LogP contribution in [0.2, 0.25) is 0 Å². The van der Waals surface area contributed by atoms with Crippen LogP contribution in [-0.4, -0.2) is 31.8 Å². The molecule has 2 aromatic heterocycles. The topological polar surface area (TPSA) is 68.6 Å². The third-order valence-electron chi connectivity index (χ3n) is 2.80. The Hall–Kier alpha value is -2.54. The minimum absolute atomic E-state index is 0.496. The number of rotatable bonds is 3. The van der Waals surface area contributed by atoms with Crippen molar-refractivity contribution in [1.29, 1.82) is 0 Å². The minimum atomic E-state index is 0.496. The summed E-state index contributed by atoms with van der Waals surface area (Å²) >= 11 is 5.28. The average Bonchev–Trinajstić information content (AvgIpc) is 2.90. The number of nitrogens with zero attached hydrogens (tertiary/aromatic N) is 4. The van der Waals surface area contributed by atoms with Gasteiger partial charge in [-0.3, -0.25) is 14.6 Å². The minimum Gasteiger partial charge on any atom is -0.497 e. The molecule has 1 aromatic carbocycles. The van der Waals surface area contributed by atoms with E-state index in [2.05, 4.69) is 20.2 Å². The summed E-state index contributed by atoms with van der Waals surface area (Å²) in [5.41, 5.74) is 1.53. The molecule has 0 aliphatic heterocycles. The van der Waals surface area contributed by atoms with Gasteiger partial charge in [0, 0.05) is 12.4 Å². The molecule has 100 valence electrons. The lowest BCUT2D eigenvalue weighted by Crippen LogP contribution is -1.99. The highest BCUT2D eigenvalue weighted by Crippen LogP contribution is 2.21. The maximum Gasteiger partial charge on any atom is 0.200 e. The quantitative estimate of drug-likeness (QED) is 0.748. The molecule has 1 N–H and O–H groups in total. The number of ether oxygens (including phenoxy) is 1. The van der Waals surface area contributed by atoms with Crippen molar-refractivity contribution in [3.63, 3.8) is 0 Å². The first-order valence-corrected chi connectivity index (χ1v) is 6.28. The summed E-state index contributed by atoms with van der Waals surface area (Å²) < 4.78 is 7.45. The van der Waals surface area contributed by atoms with Crippen LogP contribution in [0.5, 0.6) is 5.75 Å². The lowest BCUT2D eigenvalue weighted by molar-refractivity contribution is 0.414. The fraction of sp³-hybridized carbons (Fsp3) is 0.0769. The second kappa shape index (κ2) is 5.22. The number of hydrogen-bond acceptors (Lipinski definition) is 5. The van der Waals surface area contributed by atoms with Crippen molar-refractivity contribution < 1.29 is 4.74 Å². The molecule has 0 saturated heterocycles. The van der Waals surface area contributed by atoms with Gasteiger partial charge in [0.2, 0.25) is 0 Å². The first-order valence-electron chi connectivity index (χ1n) is 5.88. The van der Waals surface area contributed by atoms with Crippen molar-refractivity contribution in [2.24, 2.45) is 0 Å². The Morgan fingerprint density at radius 2 is 2.00 bits per heavy atom. The molecule has 0 unspecified atom stereocenters. The van der Waals surface area contributed by atoms with Gasteiger partial charge in [0.1, 0.15) is 11.4 Å². The highest BCUT2D eigenvalue weighted by molar-refractivity contribution is 7.71. The van der Waals surface area contributed by atoms with Gasteiger partial charge in [0.05, 0.1) is 19.0 Å². The third-order valence-corrected chi connectivity index (χ3v) is 3.07. The van der Waals surface area contributed by atoms with E-state index in [-0.39, 0.29) is 0 Å². The molecule has 0 radical (unpaired) electrons. The van der Waals surface area contributed by atoms with Crippen LogP contribution >= 0.6 is 12.2 Å². The number of benzene rings is 1. The van der Waals surface area contributed by atoms with Crippen molar-refractivity contribution in [3.05, 3.63) is 47.6 Å². The van der Waals surface area contributed by atoms with E-state index in [1.54, 1.807) is 30.3 Å². The summed E-state index contributed by atoms with van der Waals surface area (Å²) in [4.78, 5) is 8.29. The lowest BCUT2D eigenvalue weighted by Gasteiger charge is -2.07. The first-order chi connectivity index (χ1) is 9.79. The average molecular weight is 285 g/mol. The number of hydrogen-bond donors (Lipinski definition) is 1. The van der Waals surface area contributed by atoms with Gasteiger partial charge in [0.25, 0.3) is 0 Å². The van der Waals surface area contributed by atoms with E-state index < -0.39 is 0 Å². The van der Waals surface area contributed by atoms with E-state index in [0.717, 1.165) is 11.4 Å². The Morgan fingerprint density at radius 1 is 1.20 bits per heavy atom. The van der Waals surface area contributed by atoms with Crippen molar-refractivity contribution in [2.45, 2.75) is 0 Å². The summed E-state index contributed by atoms with van der Waals surface area (Å²) in [6.45, 7) is 0. The van der Waals surface area contributed by atoms with Crippen LogP contribution in [0.3, 0.4) is 0 Å². The van der Waals surface area contributed by atoms with Gasteiger partial charge >= 0.3 is 0 Å². The van der Waals surface area contributed by atoms with E-state index in [9.17, 15) is 0 Å². The monoisotopic (exact) mass is 285 g/mol. The van der Waals surface area contributed by atoms with Crippen LogP contribution in [-0.2, 0) is 0 Å². The van der Waals surface area contributed by atoms with Gasteiger partial charge in [0.15, 0.2) is 10.6 Å². The van der Waals surface area contributed by atoms with Crippen LogP contribution in [0, 0.1) is 4.77 Å². The van der Waals surface area contributed by atoms with Gasteiger partial charge in [-0.05, 0) is 36.5 Å². The number of nitrogens with one attached hydrogen (secondary N) is 1. The van der Waals surface area contributed by atoms with Crippen molar-refractivity contribution >= 4 is 12.2 Å². The zero-order valence-electron chi connectivity index (χ0n) is 10.6. The Balaban J connectivity index is 2.14. The molecule has 2 heterocycles. The summed E-state index contributed by atoms with van der Waals surface area (Å²) in [6, 6.07) is 7.54. The standard InChI is InChI=1S/C13H11N5OS/c1-19-10-4-2-9(3-5-10)18-12(16-17-13(18)20)11-8-14-6-7-15-11/h2-8H,1H3,(H,17,20). The van der Waals surface area contributed by atoms with Gasteiger partial charge in [-0.1, -0.05) is 0 Å². The summed E-state index contributed by atoms with van der Waals surface area (Å²) in [5.74, 6) is 1.40. The number of aromatic nitrogens is 5. The van der Waals surface area contributed by atoms with E-state index >= 15 is 0 Å². The third kappa shape index (κ3) is 2.19. The zero-order chi connectivity index (χ0) is 13.9. The molecule has 3 aromatic rings. The van der Waals surface area contributed by atoms with Crippen LogP contribution in [0.25, 0.3) is 17.2 Å². The molecule has 0 bridgehead atoms. The molecule has 0 atom stereocenters. The van der Waals surface area contributed by atoms with E-state index in [1.807, 2.05) is 24.3 Å². The van der Waals surface area contributed by atoms with Gasteiger partial charge in [-0.2, -0.15) is 5.10 Å². The largest absolute Gasteiger partial charge is 0.497 e. The molecule has 0 aliphatic carbocycles. The van der Waals surface area contributed by atoms with E-state index in [4.69, 9.17) is 17.0 Å². The number of aromatic amines is 1. The lowest BCUT2D eigenvalue weighted by atomic mass is 10.3. The van der Waals surface area contributed by atoms with Gasteiger partial charge in [-0.15, -0.1) is 0 Å². The zero-order valence-corrected chi connectivity index (χ0v) is 11.5. The van der Waals surface area contributed by atoms with Crippen molar-refractivity contribution in [1.82, 2.24) is 24.7 Å². The molecule has 6 nitrogen and oxygen atoms in total. The summed E-state index contributed by atoms with van der Waals surface area (Å²) in [7, 11) is 1.63. The number of H-pyrrole nitrogens is 1. The highest BCUT2D eigenvalue weighted by atomic mass is 32.1. The second-order valence-corrected chi connectivity index (χ2v) is 4.36. The Kier molecular flexibility index (Phi) is 3.26. The molecule has 0 spiro atoms. The predicted molar refractivity (Wildman–Crippen MR) is 76.3 cm³/mol. The fourth-order valence-corrected chi connectivity index (χ4v) is 2.09. The smallest absolute Gasteiger partial charge is 0.200 e. The molecular weight excluding hydrogens is 274 g/mol. The summed E-state index contributed by atoms with van der Waals surface area (Å²) in [6.07, 6.45) is 4.87. The number of methoxy groups -OCH3 is 1. The molecular formula is C13H11N5OS. The maximum atomic E-state index is 5.28. The Bertz CT molecular complexity index is 763. The van der Waals surface area contributed by atoms with E-state index in [1.165, 1.54) is 0 Å². The van der Waals surface area contributed by atoms with Crippen molar-refractivity contribution in [3.8, 4) is 23.0 Å². The van der Waals surface area contributed by atoms with Crippen molar-refractivity contribution in [2.75, 3.05) is 7.11 Å². The Labute approximate surface area is 120 Å². The molecule has 0 saturated carbocycles. The van der Waals surface area contributed by atoms with Gasteiger partial charge < -0.3 is 4.74 Å². The first kappa shape index (κ1) is 12.5. The SMILES string of the molecule is COc1ccc(-n2c(-c3cnccn3)n[nH]c2=S)cc1. The van der Waals surface area contributed by atoms with E-state index in [0.29, 0.717) is 16.3 Å². The maximum absolute atomic E-state index is 5.28. The highest BCUT2D eigenvalue weighted by Gasteiger charge is 2.11. The molecule has 7 heteroatoms. The second-order valence-electron chi connectivity index (χ2n) is 3.98. The van der Waals surface area contributed by atoms with Crippen LogP contribution < -0.4 is 4.74 Å². The summed E-state index contributed by atoms with van der Waals surface area (Å²) in [5, 5.41) is 7.00. The fourth-order valence-electron chi connectivity index (χ4n) is 1.85. The van der Waals surface area contributed by atoms with Crippen LogP contribution in [0.1, 0.15) is 0 Å². The van der Waals surface area contributed by atoms with Crippen LogP contribution in [0.4, 0.5) is 0 Å². The molecule has 0 amide bonds. The van der Waals surface area contributed by atoms with Crippen LogP contribution in [0.15, 0.2) is 42.9 Å². The molecule has 0 fully saturated rings. The predicted octanol–water partition coefficient (Wildman–Crippen LogP) is 2.40. The van der Waals surface area contributed by atoms with Gasteiger partial charge in [-0.25, -0.2) is 4.98 Å².